The summed E-state index contributed by atoms with van der Waals surface area (Å²) < 4.78 is 37.1. The van der Waals surface area contributed by atoms with Gasteiger partial charge in [-0.15, -0.1) is 0 Å². The van der Waals surface area contributed by atoms with Crippen LogP contribution in [0.15, 0.2) is 36.4 Å². The Labute approximate surface area is 122 Å². The van der Waals surface area contributed by atoms with Crippen LogP contribution in [0.25, 0.3) is 0 Å². The van der Waals surface area contributed by atoms with Gasteiger partial charge in [0.05, 0.1) is 6.61 Å². The smallest absolute Gasteiger partial charge is 0.161 e. The van der Waals surface area contributed by atoms with Crippen molar-refractivity contribution in [2.75, 3.05) is 6.61 Å². The summed E-state index contributed by atoms with van der Waals surface area (Å²) in [7, 11) is 0. The van der Waals surface area contributed by atoms with Crippen molar-refractivity contribution in [1.29, 1.82) is 0 Å². The van der Waals surface area contributed by atoms with E-state index in [2.05, 4.69) is 0 Å². The summed E-state index contributed by atoms with van der Waals surface area (Å²) in [6, 6.07) is 9.08. The summed E-state index contributed by atoms with van der Waals surface area (Å²) >= 11 is 0. The van der Waals surface area contributed by atoms with Crippen LogP contribution in [0, 0.1) is 11.6 Å². The molecule has 2 N–H and O–H groups in total. The van der Waals surface area contributed by atoms with Crippen molar-refractivity contribution in [3.8, 4) is 11.5 Å². The normalized spacial score (nSPS) is 10.5. The molecule has 0 saturated heterocycles. The van der Waals surface area contributed by atoms with E-state index >= 15 is 0 Å². The number of hydrogen-bond acceptors (Lipinski definition) is 3. The van der Waals surface area contributed by atoms with Crippen molar-refractivity contribution in [2.45, 2.75) is 20.1 Å². The van der Waals surface area contributed by atoms with Gasteiger partial charge in [0.2, 0.25) is 0 Å². The maximum atomic E-state index is 13.1. The number of halogens is 2. The second-order valence-electron chi connectivity index (χ2n) is 4.46. The highest BCUT2D eigenvalue weighted by molar-refractivity contribution is 5.43. The zero-order valence-electron chi connectivity index (χ0n) is 11.7. The van der Waals surface area contributed by atoms with Gasteiger partial charge >= 0.3 is 0 Å². The topological polar surface area (TPSA) is 44.5 Å². The molecule has 0 amide bonds. The molecule has 0 aliphatic carbocycles. The largest absolute Gasteiger partial charge is 0.490 e. The molecule has 21 heavy (non-hydrogen) atoms. The molecule has 0 fully saturated rings. The average Bonchev–Trinajstić information content (AvgIpc) is 2.49. The molecule has 2 rings (SSSR count). The van der Waals surface area contributed by atoms with Gasteiger partial charge in [0.15, 0.2) is 23.1 Å². The first-order valence-corrected chi connectivity index (χ1v) is 6.66. The third-order valence-corrected chi connectivity index (χ3v) is 2.92. The Kier molecular flexibility index (Phi) is 5.11. The quantitative estimate of drug-likeness (QED) is 0.887. The Hall–Kier alpha value is -2.14. The Balaban J connectivity index is 2.13. The molecule has 0 saturated carbocycles. The predicted molar refractivity (Wildman–Crippen MR) is 76.2 cm³/mol. The van der Waals surface area contributed by atoms with Gasteiger partial charge in [-0.25, -0.2) is 8.78 Å². The highest BCUT2D eigenvalue weighted by Gasteiger charge is 2.08. The molecule has 0 aliphatic heterocycles. The molecule has 2 aromatic rings. The van der Waals surface area contributed by atoms with Gasteiger partial charge in [-0.3, -0.25) is 0 Å². The molecule has 0 aromatic heterocycles. The van der Waals surface area contributed by atoms with Crippen LogP contribution in [0.1, 0.15) is 18.1 Å². The molecule has 0 heterocycles. The monoisotopic (exact) mass is 293 g/mol. The maximum Gasteiger partial charge on any atom is 0.161 e. The van der Waals surface area contributed by atoms with E-state index in [-0.39, 0.29) is 6.61 Å². The summed E-state index contributed by atoms with van der Waals surface area (Å²) in [5.74, 6) is -0.637. The SMILES string of the molecule is CCOc1cc(CN)ccc1OCc1ccc(F)c(F)c1. The summed E-state index contributed by atoms with van der Waals surface area (Å²) in [6.45, 7) is 2.90. The Morgan fingerprint density at radius 2 is 1.67 bits per heavy atom. The van der Waals surface area contributed by atoms with Crippen LogP contribution < -0.4 is 15.2 Å². The molecule has 0 atom stereocenters. The second-order valence-corrected chi connectivity index (χ2v) is 4.46. The minimum atomic E-state index is -0.889. The van der Waals surface area contributed by atoms with E-state index in [1.54, 1.807) is 6.07 Å². The molecule has 0 aliphatic rings. The lowest BCUT2D eigenvalue weighted by molar-refractivity contribution is 0.268. The van der Waals surface area contributed by atoms with Crippen molar-refractivity contribution in [2.24, 2.45) is 5.73 Å². The highest BCUT2D eigenvalue weighted by Crippen LogP contribution is 2.29. The minimum Gasteiger partial charge on any atom is -0.490 e. The Morgan fingerprint density at radius 1 is 0.905 bits per heavy atom. The fourth-order valence-corrected chi connectivity index (χ4v) is 1.86. The zero-order chi connectivity index (χ0) is 15.2. The van der Waals surface area contributed by atoms with Crippen LogP contribution in [-0.2, 0) is 13.2 Å². The Bertz CT molecular complexity index is 617. The molecule has 0 unspecified atom stereocenters. The fourth-order valence-electron chi connectivity index (χ4n) is 1.86. The van der Waals surface area contributed by atoms with Crippen LogP contribution >= 0.6 is 0 Å². The molecule has 0 radical (unpaired) electrons. The Morgan fingerprint density at radius 3 is 2.33 bits per heavy atom. The van der Waals surface area contributed by atoms with Crippen molar-refractivity contribution in [3.63, 3.8) is 0 Å². The first-order chi connectivity index (χ1) is 10.1. The van der Waals surface area contributed by atoms with Gasteiger partial charge < -0.3 is 15.2 Å². The van der Waals surface area contributed by atoms with E-state index in [0.29, 0.717) is 30.2 Å². The van der Waals surface area contributed by atoms with E-state index in [0.717, 1.165) is 17.7 Å². The van der Waals surface area contributed by atoms with Crippen LogP contribution in [0.3, 0.4) is 0 Å². The molecule has 112 valence electrons. The average molecular weight is 293 g/mol. The van der Waals surface area contributed by atoms with Gasteiger partial charge in [-0.2, -0.15) is 0 Å². The third-order valence-electron chi connectivity index (χ3n) is 2.92. The summed E-state index contributed by atoms with van der Waals surface area (Å²) in [6.07, 6.45) is 0. The lowest BCUT2D eigenvalue weighted by Crippen LogP contribution is -2.02. The van der Waals surface area contributed by atoms with Crippen LogP contribution in [0.5, 0.6) is 11.5 Å². The lowest BCUT2D eigenvalue weighted by Gasteiger charge is -2.13. The maximum absolute atomic E-state index is 13.1. The van der Waals surface area contributed by atoms with Crippen LogP contribution in [0.4, 0.5) is 8.78 Å². The van der Waals surface area contributed by atoms with E-state index in [9.17, 15) is 8.78 Å². The third kappa shape index (κ3) is 3.92. The van der Waals surface area contributed by atoms with E-state index < -0.39 is 11.6 Å². The van der Waals surface area contributed by atoms with E-state index in [4.69, 9.17) is 15.2 Å². The van der Waals surface area contributed by atoms with Gasteiger partial charge in [-0.05, 0) is 42.3 Å². The highest BCUT2D eigenvalue weighted by atomic mass is 19.2. The summed E-state index contributed by atoms with van der Waals surface area (Å²) in [5, 5.41) is 0. The standard InChI is InChI=1S/C16H17F2NO2/c1-2-20-16-8-11(9-19)4-6-15(16)21-10-12-3-5-13(17)14(18)7-12/h3-8H,2,9-10,19H2,1H3. The molecular weight excluding hydrogens is 276 g/mol. The second kappa shape index (κ2) is 7.04. The zero-order valence-corrected chi connectivity index (χ0v) is 11.7. The number of ether oxygens (including phenoxy) is 2. The van der Waals surface area contributed by atoms with E-state index in [1.165, 1.54) is 6.07 Å². The van der Waals surface area contributed by atoms with Crippen LogP contribution in [-0.4, -0.2) is 6.61 Å². The van der Waals surface area contributed by atoms with E-state index in [1.807, 2.05) is 19.1 Å². The number of nitrogens with two attached hydrogens (primary N) is 1. The fraction of sp³-hybridized carbons (Fsp3) is 0.250. The predicted octanol–water partition coefficient (Wildman–Crippen LogP) is 3.40. The van der Waals surface area contributed by atoms with Crippen molar-refractivity contribution in [3.05, 3.63) is 59.2 Å². The van der Waals surface area contributed by atoms with Crippen LogP contribution in [0.2, 0.25) is 0 Å². The first-order valence-electron chi connectivity index (χ1n) is 6.66. The number of benzene rings is 2. The molecule has 0 spiro atoms. The number of hydrogen-bond donors (Lipinski definition) is 1. The summed E-state index contributed by atoms with van der Waals surface area (Å²) in [5.41, 5.74) is 7.06. The molecular formula is C16H17F2NO2. The van der Waals surface area contributed by atoms with Gasteiger partial charge in [0.1, 0.15) is 6.61 Å². The molecule has 3 nitrogen and oxygen atoms in total. The van der Waals surface area contributed by atoms with Crippen molar-refractivity contribution < 1.29 is 18.3 Å². The van der Waals surface area contributed by atoms with Gasteiger partial charge in [0.25, 0.3) is 0 Å². The molecule has 2 aromatic carbocycles. The molecule has 5 heteroatoms. The number of rotatable bonds is 6. The van der Waals surface area contributed by atoms with Gasteiger partial charge in [-0.1, -0.05) is 12.1 Å². The molecule has 0 bridgehead atoms. The minimum absolute atomic E-state index is 0.124. The first kappa shape index (κ1) is 15.3. The van der Waals surface area contributed by atoms with Gasteiger partial charge in [0, 0.05) is 6.54 Å². The lowest BCUT2D eigenvalue weighted by atomic mass is 10.2. The van der Waals surface area contributed by atoms with Crippen molar-refractivity contribution >= 4 is 0 Å². The summed E-state index contributed by atoms with van der Waals surface area (Å²) in [4.78, 5) is 0. The van der Waals surface area contributed by atoms with Crippen molar-refractivity contribution in [1.82, 2.24) is 0 Å².